The molecule has 6 rings (SSSR count). The Morgan fingerprint density at radius 3 is 2.82 bits per heavy atom. The Bertz CT molecular complexity index is 1510. The van der Waals surface area contributed by atoms with E-state index in [4.69, 9.17) is 11.4 Å². The van der Waals surface area contributed by atoms with Crippen LogP contribution in [0, 0.1) is 12.3 Å². The van der Waals surface area contributed by atoms with E-state index in [9.17, 15) is 4.79 Å². The first-order valence-electron chi connectivity index (χ1n) is 13.0. The fourth-order valence-corrected chi connectivity index (χ4v) is 19.1. The molecule has 10 heteroatoms. The molecular weight excluding hydrogens is 587 g/mol. The zero-order valence-corrected chi connectivity index (χ0v) is 24.9. The van der Waals surface area contributed by atoms with Crippen molar-refractivity contribution in [3.63, 3.8) is 0 Å². The van der Waals surface area contributed by atoms with Gasteiger partial charge in [0, 0.05) is 28.9 Å². The van der Waals surface area contributed by atoms with Crippen LogP contribution in [0.15, 0.2) is 60.9 Å². The summed E-state index contributed by atoms with van der Waals surface area (Å²) in [6.45, 7) is 2.00. The maximum Gasteiger partial charge on any atom is 0.0936 e. The fourth-order valence-electron chi connectivity index (χ4n) is 5.03. The van der Waals surface area contributed by atoms with Crippen molar-refractivity contribution in [2.75, 3.05) is 41.8 Å². The quantitative estimate of drug-likeness (QED) is 0.211. The minimum absolute atomic E-state index is 0.0159. The van der Waals surface area contributed by atoms with Crippen molar-refractivity contribution in [2.24, 2.45) is 0 Å². The molecule has 0 saturated carbocycles. The van der Waals surface area contributed by atoms with Gasteiger partial charge in [-0.15, -0.1) is 6.42 Å². The fraction of sp³-hybridized carbons (Fsp3) is 0.276. The van der Waals surface area contributed by atoms with Gasteiger partial charge in [0.05, 0.1) is 11.3 Å². The average Bonchev–Trinajstić information content (AvgIpc) is 3.64. The number of carbonyl (C=O) groups excluding carboxylic acids is 1. The Hall–Kier alpha value is -2.89. The average molecular weight is 617 g/mol. The minimum atomic E-state index is -0.985. The first kappa shape index (κ1) is 26.3. The Morgan fingerprint density at radius 2 is 2.00 bits per heavy atom. The molecular formula is C29H29AsN6OS2. The molecule has 1 atom stereocenters. The molecule has 0 radical (unpaired) electrons. The number of rotatable bonds is 7. The monoisotopic (exact) mass is 616 g/mol. The summed E-state index contributed by atoms with van der Waals surface area (Å²) in [5.41, 5.74) is 4.25. The molecule has 2 aromatic heterocycles. The number of anilines is 2. The third-order valence-electron chi connectivity index (χ3n) is 6.86. The Balaban J connectivity index is 1.08. The molecule has 1 amide bonds. The van der Waals surface area contributed by atoms with Crippen molar-refractivity contribution in [2.45, 2.75) is 18.9 Å². The molecule has 2 aliphatic heterocycles. The SMILES string of the molecule is C#Cc1cnc(N[C@@H]2CCCN(CC(=O)Nc3ccc([As]4SCCS4)cc3)C2)nc1-c1c[nH]c2ccccc12. The number of aromatic amines is 1. The van der Waals surface area contributed by atoms with Gasteiger partial charge in [-0.05, 0) is 6.07 Å². The molecule has 2 saturated heterocycles. The molecule has 0 aliphatic carbocycles. The summed E-state index contributed by atoms with van der Waals surface area (Å²) in [5.74, 6) is 5.82. The van der Waals surface area contributed by atoms with Gasteiger partial charge in [0.15, 0.2) is 0 Å². The van der Waals surface area contributed by atoms with Gasteiger partial charge in [0.2, 0.25) is 0 Å². The van der Waals surface area contributed by atoms with Gasteiger partial charge in [-0.2, -0.15) is 0 Å². The molecule has 2 aromatic carbocycles. The third kappa shape index (κ3) is 6.15. The zero-order chi connectivity index (χ0) is 26.6. The zero-order valence-electron chi connectivity index (χ0n) is 21.4. The molecule has 198 valence electrons. The molecule has 2 aliphatic rings. The van der Waals surface area contributed by atoms with E-state index in [1.807, 2.05) is 36.5 Å². The van der Waals surface area contributed by atoms with Crippen molar-refractivity contribution >= 4 is 65.2 Å². The number of nitrogens with one attached hydrogen (secondary N) is 3. The van der Waals surface area contributed by atoms with Crippen LogP contribution >= 0.6 is 20.0 Å². The van der Waals surface area contributed by atoms with E-state index in [0.717, 1.165) is 53.8 Å². The van der Waals surface area contributed by atoms with Crippen LogP contribution in [-0.2, 0) is 4.79 Å². The second kappa shape index (κ2) is 12.1. The molecule has 2 fully saturated rings. The summed E-state index contributed by atoms with van der Waals surface area (Å²) in [4.78, 5) is 27.6. The smallest absolute Gasteiger partial charge is 0.0936 e. The number of benzene rings is 2. The van der Waals surface area contributed by atoms with E-state index in [1.54, 1.807) is 6.20 Å². The van der Waals surface area contributed by atoms with Crippen LogP contribution in [-0.4, -0.2) is 75.3 Å². The first-order valence-corrected chi connectivity index (χ1v) is 20.4. The number of hydrogen-bond acceptors (Lipinski definition) is 7. The van der Waals surface area contributed by atoms with Crippen LogP contribution in [0.25, 0.3) is 22.2 Å². The van der Waals surface area contributed by atoms with Crippen molar-refractivity contribution < 1.29 is 4.79 Å². The summed E-state index contributed by atoms with van der Waals surface area (Å²) in [6, 6.07) is 16.7. The van der Waals surface area contributed by atoms with E-state index in [-0.39, 0.29) is 11.9 Å². The standard InChI is InChI=1S/C29H29AsN6OS2/c1-2-20-16-32-29(35-28(20)25-17-31-26-8-4-3-7-24(25)26)34-23-6-5-13-36(18-23)19-27(37)33-22-11-9-21(10-12-22)30-38-14-15-39-30/h1,3-4,7-12,16-17,23,31H,5-6,13-15,18-19H2,(H,33,37)(H,32,34,35)/t23-/m1/s1. The predicted octanol–water partition coefficient (Wildman–Crippen LogP) is 4.30. The number of likely N-dealkylation sites (tertiary alicyclic amines) is 1. The first-order chi connectivity index (χ1) is 19.2. The number of terminal acetylenes is 1. The van der Waals surface area contributed by atoms with Crippen molar-refractivity contribution in [3.8, 4) is 23.6 Å². The molecule has 0 bridgehead atoms. The molecule has 7 nitrogen and oxygen atoms in total. The van der Waals surface area contributed by atoms with Crippen LogP contribution in [0.4, 0.5) is 11.6 Å². The summed E-state index contributed by atoms with van der Waals surface area (Å²) >= 11 is -0.985. The molecule has 0 unspecified atom stereocenters. The van der Waals surface area contributed by atoms with Gasteiger partial charge >= 0.3 is 149 Å². The van der Waals surface area contributed by atoms with Gasteiger partial charge in [-0.1, -0.05) is 24.1 Å². The van der Waals surface area contributed by atoms with E-state index < -0.39 is 12.3 Å². The van der Waals surface area contributed by atoms with Crippen molar-refractivity contribution in [1.82, 2.24) is 19.9 Å². The Labute approximate surface area is 239 Å². The van der Waals surface area contributed by atoms with Gasteiger partial charge in [-0.3, -0.25) is 0 Å². The molecule has 39 heavy (non-hydrogen) atoms. The number of amides is 1. The number of para-hydroxylation sites is 1. The van der Waals surface area contributed by atoms with Gasteiger partial charge in [0.25, 0.3) is 0 Å². The van der Waals surface area contributed by atoms with Crippen LogP contribution in [0.5, 0.6) is 0 Å². The number of hydrogen-bond donors (Lipinski definition) is 3. The molecule has 3 N–H and O–H groups in total. The largest absolute Gasteiger partial charge is 0.360 e. The van der Waals surface area contributed by atoms with E-state index in [1.165, 1.54) is 15.9 Å². The summed E-state index contributed by atoms with van der Waals surface area (Å²) < 4.78 is 1.46. The van der Waals surface area contributed by atoms with E-state index in [2.05, 4.69) is 69.7 Å². The van der Waals surface area contributed by atoms with Crippen LogP contribution < -0.4 is 15.0 Å². The van der Waals surface area contributed by atoms with Gasteiger partial charge < -0.3 is 4.98 Å². The van der Waals surface area contributed by atoms with Crippen molar-refractivity contribution in [1.29, 1.82) is 0 Å². The van der Waals surface area contributed by atoms with Crippen LogP contribution in [0.1, 0.15) is 18.4 Å². The number of piperidine rings is 1. The maximum absolute atomic E-state index is 12.8. The molecule has 4 heterocycles. The topological polar surface area (TPSA) is 85.9 Å². The summed E-state index contributed by atoms with van der Waals surface area (Å²) in [7, 11) is 4.26. The van der Waals surface area contributed by atoms with Crippen LogP contribution in [0.3, 0.4) is 0 Å². The second-order valence-corrected chi connectivity index (χ2v) is 21.3. The summed E-state index contributed by atoms with van der Waals surface area (Å²) in [6.07, 6.45) is 11.4. The number of fused-ring (bicyclic) bond motifs is 1. The Morgan fingerprint density at radius 1 is 1.18 bits per heavy atom. The number of H-pyrrole nitrogens is 1. The molecule has 0 spiro atoms. The minimum Gasteiger partial charge on any atom is -0.360 e. The van der Waals surface area contributed by atoms with Gasteiger partial charge in [0.1, 0.15) is 0 Å². The third-order valence-corrected chi connectivity index (χ3v) is 20.6. The van der Waals surface area contributed by atoms with E-state index in [0.29, 0.717) is 18.1 Å². The second-order valence-electron chi connectivity index (χ2n) is 9.59. The number of nitrogens with zero attached hydrogens (tertiary/aromatic N) is 3. The van der Waals surface area contributed by atoms with Crippen LogP contribution in [0.2, 0.25) is 0 Å². The predicted molar refractivity (Wildman–Crippen MR) is 166 cm³/mol. The molecule has 4 aromatic rings. The normalized spacial score (nSPS) is 18.2. The van der Waals surface area contributed by atoms with Crippen molar-refractivity contribution in [3.05, 3.63) is 66.5 Å². The number of carbonyl (C=O) groups is 1. The Kier molecular flexibility index (Phi) is 8.17. The maximum atomic E-state index is 12.8. The number of aromatic nitrogens is 3. The summed E-state index contributed by atoms with van der Waals surface area (Å²) in [5, 5.41) is 7.64. The van der Waals surface area contributed by atoms with Gasteiger partial charge in [-0.25, -0.2) is 9.97 Å². The van der Waals surface area contributed by atoms with E-state index >= 15 is 0 Å².